The van der Waals surface area contributed by atoms with Gasteiger partial charge in [-0.25, -0.2) is 9.78 Å². The molecule has 0 unspecified atom stereocenters. The molecule has 0 radical (unpaired) electrons. The molecule has 0 aromatic carbocycles. The zero-order chi connectivity index (χ0) is 11.9. The molecule has 2 heterocycles. The third-order valence-electron chi connectivity index (χ3n) is 2.04. The summed E-state index contributed by atoms with van der Waals surface area (Å²) in [6.07, 6.45) is 0. The van der Waals surface area contributed by atoms with Crippen molar-refractivity contribution in [3.05, 3.63) is 17.1 Å². The van der Waals surface area contributed by atoms with E-state index in [1.807, 2.05) is 0 Å². The summed E-state index contributed by atoms with van der Waals surface area (Å²) in [5.74, 6) is -1.75. The highest BCUT2D eigenvalue weighted by Crippen LogP contribution is 2.20. The third kappa shape index (κ3) is 1.36. The van der Waals surface area contributed by atoms with Crippen molar-refractivity contribution in [1.82, 2.24) is 19.6 Å². The van der Waals surface area contributed by atoms with E-state index in [-0.39, 0.29) is 22.9 Å². The lowest BCUT2D eigenvalue weighted by atomic mass is 10.2. The lowest BCUT2D eigenvalue weighted by Gasteiger charge is -2.03. The topological polar surface area (TPSA) is 121 Å². The van der Waals surface area contributed by atoms with Crippen LogP contribution in [0.15, 0.2) is 0 Å². The zero-order valence-corrected chi connectivity index (χ0v) is 8.25. The van der Waals surface area contributed by atoms with Crippen molar-refractivity contribution in [2.45, 2.75) is 13.5 Å². The van der Waals surface area contributed by atoms with E-state index < -0.39 is 18.5 Å². The molecule has 0 saturated carbocycles. The normalized spacial score (nSPS) is 10.9. The van der Waals surface area contributed by atoms with Crippen LogP contribution in [0.5, 0.6) is 5.88 Å². The Morgan fingerprint density at radius 1 is 1.44 bits per heavy atom. The van der Waals surface area contributed by atoms with Crippen molar-refractivity contribution in [1.29, 1.82) is 0 Å². The van der Waals surface area contributed by atoms with Crippen LogP contribution in [-0.2, 0) is 6.61 Å². The molecule has 2 rings (SSSR count). The van der Waals surface area contributed by atoms with Gasteiger partial charge in [0.25, 0.3) is 5.78 Å². The summed E-state index contributed by atoms with van der Waals surface area (Å²) < 4.78 is 0.877. The second kappa shape index (κ2) is 3.42. The summed E-state index contributed by atoms with van der Waals surface area (Å²) >= 11 is 0. The summed E-state index contributed by atoms with van der Waals surface area (Å²) in [7, 11) is 0. The van der Waals surface area contributed by atoms with E-state index in [1.165, 1.54) is 6.92 Å². The van der Waals surface area contributed by atoms with Crippen LogP contribution in [0.3, 0.4) is 0 Å². The van der Waals surface area contributed by atoms with Gasteiger partial charge in [0, 0.05) is 0 Å². The number of aromatic hydroxyl groups is 1. The summed E-state index contributed by atoms with van der Waals surface area (Å²) in [5.41, 5.74) is -0.198. The Labute approximate surface area is 88.8 Å². The number of aliphatic hydroxyl groups is 1. The van der Waals surface area contributed by atoms with Crippen molar-refractivity contribution >= 4 is 11.7 Å². The Kier molecular flexibility index (Phi) is 2.20. The number of aryl methyl sites for hydroxylation is 1. The van der Waals surface area contributed by atoms with Crippen LogP contribution in [-0.4, -0.2) is 40.9 Å². The minimum atomic E-state index is -1.30. The highest BCUT2D eigenvalue weighted by Gasteiger charge is 2.20. The average molecular weight is 224 g/mol. The Bertz CT molecular complexity index is 577. The number of aromatic nitrogens is 4. The highest BCUT2D eigenvalue weighted by molar-refractivity contribution is 5.91. The molecule has 16 heavy (non-hydrogen) atoms. The van der Waals surface area contributed by atoms with E-state index in [1.54, 1.807) is 0 Å². The Hall–Kier alpha value is -2.22. The number of hydrogen-bond acceptors (Lipinski definition) is 6. The maximum atomic E-state index is 10.9. The molecular weight excluding hydrogens is 216 g/mol. The maximum absolute atomic E-state index is 10.9. The van der Waals surface area contributed by atoms with E-state index in [2.05, 4.69) is 15.1 Å². The molecule has 0 amide bonds. The zero-order valence-electron chi connectivity index (χ0n) is 8.25. The first-order chi connectivity index (χ1) is 7.54. The van der Waals surface area contributed by atoms with Crippen LogP contribution in [0.25, 0.3) is 5.78 Å². The van der Waals surface area contributed by atoms with Crippen LogP contribution in [0.4, 0.5) is 0 Å². The summed E-state index contributed by atoms with van der Waals surface area (Å²) in [6, 6.07) is 0. The minimum absolute atomic E-state index is 0.0454. The number of carboxylic acid groups (broad SMARTS) is 1. The number of rotatable bonds is 2. The van der Waals surface area contributed by atoms with Gasteiger partial charge in [0.15, 0.2) is 5.82 Å². The van der Waals surface area contributed by atoms with Gasteiger partial charge in [-0.3, -0.25) is 0 Å². The Morgan fingerprint density at radius 3 is 2.69 bits per heavy atom. The van der Waals surface area contributed by atoms with Gasteiger partial charge in [-0.2, -0.15) is 9.50 Å². The van der Waals surface area contributed by atoms with Gasteiger partial charge in [0.05, 0.1) is 5.69 Å². The molecule has 0 aliphatic carbocycles. The third-order valence-corrected chi connectivity index (χ3v) is 2.04. The number of aromatic carboxylic acids is 1. The van der Waals surface area contributed by atoms with Crippen molar-refractivity contribution in [3.63, 3.8) is 0 Å². The lowest BCUT2D eigenvalue weighted by Crippen LogP contribution is -2.07. The first-order valence-corrected chi connectivity index (χ1v) is 4.34. The van der Waals surface area contributed by atoms with Crippen molar-refractivity contribution in [2.75, 3.05) is 0 Å². The quantitative estimate of drug-likeness (QED) is 0.618. The van der Waals surface area contributed by atoms with Gasteiger partial charge in [-0.1, -0.05) is 0 Å². The highest BCUT2D eigenvalue weighted by atomic mass is 16.4. The fourth-order valence-electron chi connectivity index (χ4n) is 1.35. The van der Waals surface area contributed by atoms with Gasteiger partial charge in [0.2, 0.25) is 5.88 Å². The van der Waals surface area contributed by atoms with Crippen molar-refractivity contribution < 1.29 is 20.1 Å². The maximum Gasteiger partial charge on any atom is 0.343 e. The molecule has 84 valence electrons. The van der Waals surface area contributed by atoms with Gasteiger partial charge in [-0.15, -0.1) is 5.10 Å². The van der Waals surface area contributed by atoms with E-state index >= 15 is 0 Å². The number of carbonyl (C=O) groups is 1. The molecule has 3 N–H and O–H groups in total. The largest absolute Gasteiger partial charge is 0.492 e. The van der Waals surface area contributed by atoms with E-state index in [0.29, 0.717) is 0 Å². The molecule has 2 aromatic rings. The number of fused-ring (bicyclic) bond motifs is 1. The Morgan fingerprint density at radius 2 is 2.12 bits per heavy atom. The van der Waals surface area contributed by atoms with Crippen molar-refractivity contribution in [2.24, 2.45) is 0 Å². The van der Waals surface area contributed by atoms with Gasteiger partial charge in [-0.05, 0) is 6.92 Å². The molecular formula is C8H8N4O4. The van der Waals surface area contributed by atoms with Crippen LogP contribution < -0.4 is 0 Å². The molecule has 0 saturated heterocycles. The molecule has 0 atom stereocenters. The first kappa shape index (κ1) is 10.3. The summed E-state index contributed by atoms with van der Waals surface area (Å²) in [4.78, 5) is 18.5. The molecule has 0 bridgehead atoms. The van der Waals surface area contributed by atoms with Gasteiger partial charge >= 0.3 is 5.97 Å². The van der Waals surface area contributed by atoms with Crippen LogP contribution in [0.2, 0.25) is 0 Å². The summed E-state index contributed by atoms with van der Waals surface area (Å²) in [5, 5.41) is 31.0. The number of nitrogens with zero attached hydrogens (tertiary/aromatic N) is 4. The average Bonchev–Trinajstić information content (AvgIpc) is 2.60. The van der Waals surface area contributed by atoms with Gasteiger partial charge in [0.1, 0.15) is 12.2 Å². The number of hydrogen-bond donors (Lipinski definition) is 3. The number of carboxylic acids is 1. The van der Waals surface area contributed by atoms with E-state index in [0.717, 1.165) is 4.52 Å². The fourth-order valence-corrected chi connectivity index (χ4v) is 1.35. The first-order valence-electron chi connectivity index (χ1n) is 4.34. The fraction of sp³-hybridized carbons (Fsp3) is 0.250. The van der Waals surface area contributed by atoms with Crippen LogP contribution >= 0.6 is 0 Å². The second-order valence-corrected chi connectivity index (χ2v) is 3.10. The molecule has 2 aromatic heterocycles. The molecule has 0 spiro atoms. The molecule has 0 aliphatic heterocycles. The molecule has 8 nitrogen and oxygen atoms in total. The van der Waals surface area contributed by atoms with E-state index in [9.17, 15) is 9.90 Å². The van der Waals surface area contributed by atoms with E-state index in [4.69, 9.17) is 10.2 Å². The minimum Gasteiger partial charge on any atom is -0.492 e. The summed E-state index contributed by atoms with van der Waals surface area (Å²) in [6.45, 7) is 1.03. The van der Waals surface area contributed by atoms with Gasteiger partial charge < -0.3 is 15.3 Å². The molecule has 8 heteroatoms. The smallest absolute Gasteiger partial charge is 0.343 e. The lowest BCUT2D eigenvalue weighted by molar-refractivity contribution is 0.0691. The molecule has 0 aliphatic rings. The van der Waals surface area contributed by atoms with Crippen LogP contribution in [0, 0.1) is 6.92 Å². The predicted molar refractivity (Wildman–Crippen MR) is 50.1 cm³/mol. The molecule has 0 fully saturated rings. The van der Waals surface area contributed by atoms with Crippen LogP contribution in [0.1, 0.15) is 21.9 Å². The standard InChI is InChI=1S/C8H8N4O4/c1-3-5(7(15)16)6(14)12-8(9-3)10-4(2-13)11-12/h13-14H,2H2,1H3,(H,15,16). The van der Waals surface area contributed by atoms with Crippen molar-refractivity contribution in [3.8, 4) is 5.88 Å². The monoisotopic (exact) mass is 224 g/mol. The number of aliphatic hydroxyl groups excluding tert-OH is 1. The second-order valence-electron chi connectivity index (χ2n) is 3.10. The predicted octanol–water partition coefficient (Wildman–Crippen LogP) is -0.671. The Balaban J connectivity index is 2.81. The SMILES string of the molecule is Cc1nc2nc(CO)nn2c(O)c1C(=O)O.